The zero-order chi connectivity index (χ0) is 20.1. The maximum atomic E-state index is 13.5. The van der Waals surface area contributed by atoms with E-state index in [1.165, 1.54) is 18.2 Å². The number of benzene rings is 2. The molecule has 1 N–H and O–H groups in total. The van der Waals surface area contributed by atoms with Crippen molar-refractivity contribution < 1.29 is 17.9 Å². The molecule has 1 aromatic heterocycles. The molecule has 0 amide bonds. The SMILES string of the molecule is CN/C(=C(/Br)OCc1ccc(F)cc1)c1ccc2nc(C(F)CF)ccc2c1. The summed E-state index contributed by atoms with van der Waals surface area (Å²) in [7, 11) is 1.76. The van der Waals surface area contributed by atoms with Gasteiger partial charge in [-0.1, -0.05) is 24.3 Å². The lowest BCUT2D eigenvalue weighted by Gasteiger charge is -2.13. The molecule has 0 aliphatic carbocycles. The number of hydrogen-bond donors (Lipinski definition) is 1. The number of halogens is 4. The van der Waals surface area contributed by atoms with Crippen LogP contribution >= 0.6 is 15.9 Å². The fourth-order valence-electron chi connectivity index (χ4n) is 2.71. The van der Waals surface area contributed by atoms with Gasteiger partial charge < -0.3 is 10.1 Å². The third-order valence-corrected chi connectivity index (χ3v) is 4.81. The van der Waals surface area contributed by atoms with E-state index in [0.717, 1.165) is 16.5 Å². The quantitative estimate of drug-likeness (QED) is 0.461. The van der Waals surface area contributed by atoms with Gasteiger partial charge in [0.05, 0.1) is 16.9 Å². The lowest BCUT2D eigenvalue weighted by molar-refractivity contribution is 0.228. The van der Waals surface area contributed by atoms with Crippen LogP contribution in [0.25, 0.3) is 16.6 Å². The third-order valence-electron chi connectivity index (χ3n) is 4.18. The van der Waals surface area contributed by atoms with Gasteiger partial charge in [-0.15, -0.1) is 0 Å². The Hall–Kier alpha value is -2.54. The summed E-state index contributed by atoms with van der Waals surface area (Å²) in [4.78, 5) is 4.18. The van der Waals surface area contributed by atoms with E-state index in [0.29, 0.717) is 15.9 Å². The highest BCUT2D eigenvalue weighted by molar-refractivity contribution is 9.11. The third kappa shape index (κ3) is 4.65. The molecule has 1 atom stereocenters. The molecule has 1 unspecified atom stereocenters. The number of nitrogens with zero attached hydrogens (tertiary/aromatic N) is 1. The molecule has 0 radical (unpaired) electrons. The first-order valence-corrected chi connectivity index (χ1v) is 9.37. The van der Waals surface area contributed by atoms with Gasteiger partial charge in [0.2, 0.25) is 0 Å². The van der Waals surface area contributed by atoms with Crippen molar-refractivity contribution in [2.45, 2.75) is 12.8 Å². The molecule has 0 saturated carbocycles. The van der Waals surface area contributed by atoms with Crippen LogP contribution in [0.3, 0.4) is 0 Å². The minimum absolute atomic E-state index is 0.0796. The topological polar surface area (TPSA) is 34.1 Å². The van der Waals surface area contributed by atoms with Gasteiger partial charge in [-0.3, -0.25) is 0 Å². The van der Waals surface area contributed by atoms with E-state index in [9.17, 15) is 13.2 Å². The second kappa shape index (κ2) is 9.10. The molecule has 1 heterocycles. The standard InChI is InChI=1S/C21H18BrF3N2O/c1-26-20(21(22)28-12-13-2-6-16(24)7-3-13)15-5-8-18-14(10-15)4-9-19(27-18)17(25)11-23/h2-10,17,26H,11-12H2,1H3/b21-20-. The Labute approximate surface area is 169 Å². The molecule has 0 saturated heterocycles. The van der Waals surface area contributed by atoms with Crippen molar-refractivity contribution in [1.82, 2.24) is 10.3 Å². The highest BCUT2D eigenvalue weighted by Gasteiger charge is 2.13. The van der Waals surface area contributed by atoms with Gasteiger partial charge in [0.1, 0.15) is 19.1 Å². The number of alkyl halides is 2. The molecular weight excluding hydrogens is 433 g/mol. The number of hydrogen-bond acceptors (Lipinski definition) is 3. The zero-order valence-corrected chi connectivity index (χ0v) is 16.6. The summed E-state index contributed by atoms with van der Waals surface area (Å²) in [5, 5.41) is 3.88. The Morgan fingerprint density at radius 1 is 1.14 bits per heavy atom. The summed E-state index contributed by atoms with van der Waals surface area (Å²) in [5.41, 5.74) is 3.03. The van der Waals surface area contributed by atoms with Crippen LogP contribution in [0.1, 0.15) is 23.0 Å². The predicted octanol–water partition coefficient (Wildman–Crippen LogP) is 5.81. The van der Waals surface area contributed by atoms with Crippen LogP contribution in [-0.2, 0) is 11.3 Å². The molecule has 2 aromatic carbocycles. The fraction of sp³-hybridized carbons (Fsp3) is 0.190. The average molecular weight is 451 g/mol. The number of nitrogens with one attached hydrogen (secondary N) is 1. The van der Waals surface area contributed by atoms with Gasteiger partial charge in [0.15, 0.2) is 10.8 Å². The van der Waals surface area contributed by atoms with Crippen molar-refractivity contribution in [3.05, 3.63) is 81.9 Å². The van der Waals surface area contributed by atoms with Gasteiger partial charge in [-0.2, -0.15) is 0 Å². The van der Waals surface area contributed by atoms with Gasteiger partial charge >= 0.3 is 0 Å². The Kier molecular flexibility index (Phi) is 6.57. The molecule has 0 aliphatic heterocycles. The van der Waals surface area contributed by atoms with Crippen LogP contribution in [0, 0.1) is 5.82 Å². The first-order valence-electron chi connectivity index (χ1n) is 8.57. The molecule has 3 rings (SSSR count). The second-order valence-corrected chi connectivity index (χ2v) is 6.80. The fourth-order valence-corrected chi connectivity index (χ4v) is 3.25. The van der Waals surface area contributed by atoms with E-state index in [1.807, 2.05) is 12.1 Å². The summed E-state index contributed by atoms with van der Waals surface area (Å²) in [6, 6.07) is 14.7. The Balaban J connectivity index is 1.84. The number of ether oxygens (including phenoxy) is 1. The van der Waals surface area contributed by atoms with Gasteiger partial charge in [-0.25, -0.2) is 18.2 Å². The Bertz CT molecular complexity index is 993. The zero-order valence-electron chi connectivity index (χ0n) is 15.1. The van der Waals surface area contributed by atoms with Gasteiger partial charge in [0, 0.05) is 18.0 Å². The van der Waals surface area contributed by atoms with Crippen molar-refractivity contribution in [1.29, 1.82) is 0 Å². The highest BCUT2D eigenvalue weighted by Crippen LogP contribution is 2.26. The van der Waals surface area contributed by atoms with Crippen LogP contribution in [0.15, 0.2) is 59.3 Å². The first-order chi connectivity index (χ1) is 13.5. The maximum Gasteiger partial charge on any atom is 0.186 e. The minimum atomic E-state index is -1.72. The van der Waals surface area contributed by atoms with E-state index in [-0.39, 0.29) is 18.1 Å². The normalized spacial score (nSPS) is 13.2. The Morgan fingerprint density at radius 2 is 1.89 bits per heavy atom. The van der Waals surface area contributed by atoms with Crippen molar-refractivity contribution in [3.8, 4) is 0 Å². The number of fused-ring (bicyclic) bond motifs is 1. The summed E-state index contributed by atoms with van der Waals surface area (Å²) in [6.45, 7) is -0.826. The van der Waals surface area contributed by atoms with Crippen LogP contribution in [0.5, 0.6) is 0 Å². The molecule has 146 valence electrons. The van der Waals surface area contributed by atoms with Crippen molar-refractivity contribution >= 4 is 32.5 Å². The van der Waals surface area contributed by atoms with Gasteiger partial charge in [-0.05, 0) is 51.8 Å². The summed E-state index contributed by atoms with van der Waals surface area (Å²) in [5.74, 6) is -0.298. The molecule has 0 bridgehead atoms. The monoisotopic (exact) mass is 450 g/mol. The van der Waals surface area contributed by atoms with Crippen LogP contribution in [0.2, 0.25) is 0 Å². The smallest absolute Gasteiger partial charge is 0.186 e. The minimum Gasteiger partial charge on any atom is -0.480 e. The predicted molar refractivity (Wildman–Crippen MR) is 108 cm³/mol. The molecule has 3 aromatic rings. The largest absolute Gasteiger partial charge is 0.480 e. The summed E-state index contributed by atoms with van der Waals surface area (Å²) in [6.07, 6.45) is -1.72. The van der Waals surface area contributed by atoms with Crippen LogP contribution in [0.4, 0.5) is 13.2 Å². The number of rotatable bonds is 7. The lowest BCUT2D eigenvalue weighted by atomic mass is 10.1. The van der Waals surface area contributed by atoms with Crippen LogP contribution in [-0.4, -0.2) is 18.7 Å². The van der Waals surface area contributed by atoms with E-state index in [1.54, 1.807) is 31.3 Å². The Morgan fingerprint density at radius 3 is 2.57 bits per heavy atom. The highest BCUT2D eigenvalue weighted by atomic mass is 79.9. The first kappa shape index (κ1) is 20.2. The van der Waals surface area contributed by atoms with Crippen molar-refractivity contribution in [2.24, 2.45) is 0 Å². The molecule has 0 fully saturated rings. The summed E-state index contributed by atoms with van der Waals surface area (Å²) >= 11 is 3.43. The molecular formula is C21H18BrF3N2O. The van der Waals surface area contributed by atoms with E-state index in [2.05, 4.69) is 26.2 Å². The number of aromatic nitrogens is 1. The molecule has 28 heavy (non-hydrogen) atoms. The molecule has 7 heteroatoms. The van der Waals surface area contributed by atoms with Crippen LogP contribution < -0.4 is 5.32 Å². The van der Waals surface area contributed by atoms with Gasteiger partial charge in [0.25, 0.3) is 0 Å². The average Bonchev–Trinajstić information content (AvgIpc) is 2.72. The molecule has 0 spiro atoms. The van der Waals surface area contributed by atoms with E-state index < -0.39 is 12.8 Å². The number of pyridine rings is 1. The maximum absolute atomic E-state index is 13.5. The second-order valence-electron chi connectivity index (χ2n) is 6.08. The lowest BCUT2D eigenvalue weighted by Crippen LogP contribution is -2.08. The summed E-state index contributed by atoms with van der Waals surface area (Å²) < 4.78 is 45.3. The van der Waals surface area contributed by atoms with Crippen molar-refractivity contribution in [3.63, 3.8) is 0 Å². The van der Waals surface area contributed by atoms with Crippen molar-refractivity contribution in [2.75, 3.05) is 13.7 Å². The molecule has 3 nitrogen and oxygen atoms in total. The van der Waals surface area contributed by atoms with E-state index in [4.69, 9.17) is 4.74 Å². The molecule has 0 aliphatic rings. The van der Waals surface area contributed by atoms with E-state index >= 15 is 0 Å².